The monoisotopic (exact) mass is 345 g/mol. The van der Waals surface area contributed by atoms with Crippen molar-refractivity contribution >= 4 is 11.9 Å². The SMILES string of the molecule is O=C(O)CN(Cc1ccc(F)cc1)C(=O)COCCc1ccccc1. The number of aliphatic carboxylic acids is 1. The summed E-state index contributed by atoms with van der Waals surface area (Å²) < 4.78 is 18.3. The van der Waals surface area contributed by atoms with Gasteiger partial charge in [-0.1, -0.05) is 42.5 Å². The number of nitrogens with zero attached hydrogens (tertiary/aromatic N) is 1. The summed E-state index contributed by atoms with van der Waals surface area (Å²) in [5.74, 6) is -1.91. The van der Waals surface area contributed by atoms with Gasteiger partial charge in [0, 0.05) is 6.54 Å². The van der Waals surface area contributed by atoms with Crippen LogP contribution in [-0.4, -0.2) is 41.6 Å². The highest BCUT2D eigenvalue weighted by Crippen LogP contribution is 2.07. The van der Waals surface area contributed by atoms with E-state index in [2.05, 4.69) is 0 Å². The van der Waals surface area contributed by atoms with Crippen molar-refractivity contribution in [2.75, 3.05) is 19.8 Å². The van der Waals surface area contributed by atoms with Crippen LogP contribution in [0.3, 0.4) is 0 Å². The van der Waals surface area contributed by atoms with Gasteiger partial charge in [0.1, 0.15) is 19.0 Å². The molecule has 0 fully saturated rings. The van der Waals surface area contributed by atoms with E-state index in [9.17, 15) is 14.0 Å². The van der Waals surface area contributed by atoms with Crippen LogP contribution in [0.5, 0.6) is 0 Å². The van der Waals surface area contributed by atoms with Crippen molar-refractivity contribution in [2.24, 2.45) is 0 Å². The van der Waals surface area contributed by atoms with Crippen LogP contribution < -0.4 is 0 Å². The number of rotatable bonds is 9. The lowest BCUT2D eigenvalue weighted by Crippen LogP contribution is -2.37. The zero-order chi connectivity index (χ0) is 18.1. The molecule has 0 radical (unpaired) electrons. The summed E-state index contributed by atoms with van der Waals surface area (Å²) in [7, 11) is 0. The first kappa shape index (κ1) is 18.6. The quantitative estimate of drug-likeness (QED) is 0.709. The molecule has 0 atom stereocenters. The Balaban J connectivity index is 1.84. The zero-order valence-corrected chi connectivity index (χ0v) is 13.7. The summed E-state index contributed by atoms with van der Waals surface area (Å²) in [4.78, 5) is 24.4. The molecule has 0 aromatic heterocycles. The van der Waals surface area contributed by atoms with Crippen molar-refractivity contribution in [3.05, 3.63) is 71.5 Å². The van der Waals surface area contributed by atoms with E-state index in [1.165, 1.54) is 29.2 Å². The second-order valence-corrected chi connectivity index (χ2v) is 5.56. The third kappa shape index (κ3) is 6.73. The number of hydrogen-bond donors (Lipinski definition) is 1. The van der Waals surface area contributed by atoms with Crippen LogP contribution in [0.15, 0.2) is 54.6 Å². The molecule has 2 aromatic carbocycles. The summed E-state index contributed by atoms with van der Waals surface area (Å²) in [6, 6.07) is 15.3. The Kier molecular flexibility index (Phi) is 7.10. The highest BCUT2D eigenvalue weighted by Gasteiger charge is 2.17. The van der Waals surface area contributed by atoms with Crippen LogP contribution in [0.4, 0.5) is 4.39 Å². The number of carbonyl (C=O) groups excluding carboxylic acids is 1. The lowest BCUT2D eigenvalue weighted by molar-refractivity contribution is -0.147. The Labute approximate surface area is 145 Å². The third-order valence-electron chi connectivity index (χ3n) is 3.57. The third-order valence-corrected chi connectivity index (χ3v) is 3.57. The molecule has 0 spiro atoms. The highest BCUT2D eigenvalue weighted by atomic mass is 19.1. The van der Waals surface area contributed by atoms with Crippen LogP contribution >= 0.6 is 0 Å². The van der Waals surface area contributed by atoms with Gasteiger partial charge in [-0.15, -0.1) is 0 Å². The molecule has 1 N–H and O–H groups in total. The van der Waals surface area contributed by atoms with Crippen LogP contribution in [0.2, 0.25) is 0 Å². The standard InChI is InChI=1S/C19H20FNO4/c20-17-8-6-16(7-9-17)12-21(13-19(23)24)18(22)14-25-11-10-15-4-2-1-3-5-15/h1-9H,10-14H2,(H,23,24). The minimum atomic E-state index is -1.11. The maximum absolute atomic E-state index is 12.9. The van der Waals surface area contributed by atoms with Gasteiger partial charge in [0.15, 0.2) is 0 Å². The van der Waals surface area contributed by atoms with E-state index in [1.807, 2.05) is 30.3 Å². The fourth-order valence-corrected chi connectivity index (χ4v) is 2.29. The Bertz CT molecular complexity index is 688. The van der Waals surface area contributed by atoms with Gasteiger partial charge >= 0.3 is 5.97 Å². The molecule has 0 aliphatic rings. The van der Waals surface area contributed by atoms with E-state index < -0.39 is 18.4 Å². The number of halogens is 1. The van der Waals surface area contributed by atoms with Gasteiger partial charge in [-0.3, -0.25) is 9.59 Å². The van der Waals surface area contributed by atoms with Crippen molar-refractivity contribution in [1.29, 1.82) is 0 Å². The second-order valence-electron chi connectivity index (χ2n) is 5.56. The largest absolute Gasteiger partial charge is 0.480 e. The van der Waals surface area contributed by atoms with E-state index in [4.69, 9.17) is 9.84 Å². The van der Waals surface area contributed by atoms with Gasteiger partial charge in [-0.05, 0) is 29.7 Å². The average molecular weight is 345 g/mol. The summed E-state index contributed by atoms with van der Waals surface area (Å²) in [6.07, 6.45) is 0.672. The van der Waals surface area contributed by atoms with Gasteiger partial charge in [-0.25, -0.2) is 4.39 Å². The van der Waals surface area contributed by atoms with Crippen molar-refractivity contribution < 1.29 is 23.8 Å². The predicted molar refractivity (Wildman–Crippen MR) is 90.4 cm³/mol. The maximum atomic E-state index is 12.9. The van der Waals surface area contributed by atoms with Gasteiger partial charge < -0.3 is 14.7 Å². The topological polar surface area (TPSA) is 66.8 Å². The minimum Gasteiger partial charge on any atom is -0.480 e. The smallest absolute Gasteiger partial charge is 0.323 e. The minimum absolute atomic E-state index is 0.0907. The van der Waals surface area contributed by atoms with Crippen LogP contribution in [0.25, 0.3) is 0 Å². The molecular formula is C19H20FNO4. The number of carboxylic acids is 1. The van der Waals surface area contributed by atoms with Crippen molar-refractivity contribution in [3.8, 4) is 0 Å². The second kappa shape index (κ2) is 9.54. The molecule has 0 bridgehead atoms. The predicted octanol–water partition coefficient (Wildman–Crippen LogP) is 2.50. The Morgan fingerprint density at radius 1 is 1.00 bits per heavy atom. The average Bonchev–Trinajstić information content (AvgIpc) is 2.60. The summed E-state index contributed by atoms with van der Waals surface area (Å²) >= 11 is 0. The molecule has 0 saturated heterocycles. The van der Waals surface area contributed by atoms with E-state index in [0.29, 0.717) is 18.6 Å². The first-order valence-corrected chi connectivity index (χ1v) is 7.90. The normalized spacial score (nSPS) is 10.4. The van der Waals surface area contributed by atoms with Crippen LogP contribution in [0.1, 0.15) is 11.1 Å². The van der Waals surface area contributed by atoms with Crippen molar-refractivity contribution in [1.82, 2.24) is 4.90 Å². The highest BCUT2D eigenvalue weighted by molar-refractivity contribution is 5.82. The van der Waals surface area contributed by atoms with Crippen LogP contribution in [0, 0.1) is 5.82 Å². The van der Waals surface area contributed by atoms with Gasteiger partial charge in [-0.2, -0.15) is 0 Å². The van der Waals surface area contributed by atoms with Gasteiger partial charge in [0.05, 0.1) is 6.61 Å². The molecule has 0 aliphatic heterocycles. The number of ether oxygens (including phenoxy) is 1. The van der Waals surface area contributed by atoms with E-state index in [1.54, 1.807) is 0 Å². The molecule has 0 heterocycles. The first-order valence-electron chi connectivity index (χ1n) is 7.90. The number of amides is 1. The van der Waals surface area contributed by atoms with Crippen molar-refractivity contribution in [3.63, 3.8) is 0 Å². The molecule has 2 aromatic rings. The summed E-state index contributed by atoms with van der Waals surface area (Å²) in [5, 5.41) is 8.98. The number of hydrogen-bond acceptors (Lipinski definition) is 3. The molecule has 1 amide bonds. The lowest BCUT2D eigenvalue weighted by atomic mass is 10.2. The number of carbonyl (C=O) groups is 2. The molecule has 0 unspecified atom stereocenters. The van der Waals surface area contributed by atoms with Crippen molar-refractivity contribution in [2.45, 2.75) is 13.0 Å². The molecule has 5 nitrogen and oxygen atoms in total. The maximum Gasteiger partial charge on any atom is 0.323 e. The first-order chi connectivity index (χ1) is 12.0. The molecule has 0 saturated carbocycles. The number of carboxylic acid groups (broad SMARTS) is 1. The molecular weight excluding hydrogens is 325 g/mol. The molecule has 132 valence electrons. The summed E-state index contributed by atoms with van der Waals surface area (Å²) in [6.45, 7) is -0.166. The molecule has 25 heavy (non-hydrogen) atoms. The zero-order valence-electron chi connectivity index (χ0n) is 13.7. The fourth-order valence-electron chi connectivity index (χ4n) is 2.29. The summed E-state index contributed by atoms with van der Waals surface area (Å²) in [5.41, 5.74) is 1.75. The lowest BCUT2D eigenvalue weighted by Gasteiger charge is -2.21. The number of benzene rings is 2. The van der Waals surface area contributed by atoms with Crippen LogP contribution in [-0.2, 0) is 27.3 Å². The van der Waals surface area contributed by atoms with E-state index in [0.717, 1.165) is 5.56 Å². The van der Waals surface area contributed by atoms with E-state index in [-0.39, 0.29) is 19.0 Å². The molecule has 0 aliphatic carbocycles. The Hall–Kier alpha value is -2.73. The van der Waals surface area contributed by atoms with E-state index >= 15 is 0 Å². The van der Waals surface area contributed by atoms with Gasteiger partial charge in [0.2, 0.25) is 5.91 Å². The molecule has 2 rings (SSSR count). The Morgan fingerprint density at radius 3 is 2.32 bits per heavy atom. The fraction of sp³-hybridized carbons (Fsp3) is 0.263. The molecule has 6 heteroatoms. The Morgan fingerprint density at radius 2 is 1.68 bits per heavy atom. The van der Waals surface area contributed by atoms with Gasteiger partial charge in [0.25, 0.3) is 0 Å².